The van der Waals surface area contributed by atoms with Crippen molar-refractivity contribution in [3.63, 3.8) is 0 Å². The fraction of sp³-hybridized carbons (Fsp3) is 0.542. The van der Waals surface area contributed by atoms with Crippen molar-refractivity contribution in [2.75, 3.05) is 31.7 Å². The molecule has 0 radical (unpaired) electrons. The molecule has 192 valence electrons. The molecule has 3 aromatic heterocycles. The van der Waals surface area contributed by atoms with Crippen molar-refractivity contribution in [1.29, 1.82) is 0 Å². The van der Waals surface area contributed by atoms with Crippen LogP contribution < -0.4 is 14.4 Å². The number of alkyl halides is 3. The van der Waals surface area contributed by atoms with E-state index < -0.39 is 11.9 Å². The number of rotatable bonds is 7. The Bertz CT molecular complexity index is 1230. The van der Waals surface area contributed by atoms with Gasteiger partial charge in [-0.05, 0) is 38.5 Å². The average molecular weight is 504 g/mol. The minimum Gasteiger partial charge on any atom is -0.480 e. The quantitative estimate of drug-likeness (QED) is 0.475. The number of aromatic nitrogens is 6. The van der Waals surface area contributed by atoms with Crippen LogP contribution in [0.2, 0.25) is 0 Å². The number of imidazole rings is 1. The summed E-state index contributed by atoms with van der Waals surface area (Å²) in [5, 5.41) is 0. The third kappa shape index (κ3) is 4.93. The molecule has 9 nitrogen and oxygen atoms in total. The van der Waals surface area contributed by atoms with Crippen molar-refractivity contribution < 1.29 is 22.6 Å². The van der Waals surface area contributed by atoms with Gasteiger partial charge >= 0.3 is 6.18 Å². The predicted octanol–water partition coefficient (Wildman–Crippen LogP) is 4.18. The topological polar surface area (TPSA) is 91.1 Å². The van der Waals surface area contributed by atoms with Gasteiger partial charge in [-0.25, -0.2) is 19.9 Å². The van der Waals surface area contributed by atoms with Crippen LogP contribution in [-0.2, 0) is 13.2 Å². The zero-order valence-corrected chi connectivity index (χ0v) is 20.4. The Labute approximate surface area is 206 Å². The highest BCUT2D eigenvalue weighted by Gasteiger charge is 2.36. The van der Waals surface area contributed by atoms with E-state index in [4.69, 9.17) is 9.47 Å². The fourth-order valence-corrected chi connectivity index (χ4v) is 4.49. The van der Waals surface area contributed by atoms with E-state index in [1.165, 1.54) is 10.9 Å². The smallest absolute Gasteiger partial charge is 0.434 e. The molecule has 5 rings (SSSR count). The van der Waals surface area contributed by atoms with Crippen molar-refractivity contribution in [3.05, 3.63) is 35.7 Å². The molecule has 36 heavy (non-hydrogen) atoms. The predicted molar refractivity (Wildman–Crippen MR) is 125 cm³/mol. The first-order chi connectivity index (χ1) is 17.2. The molecule has 2 fully saturated rings. The van der Waals surface area contributed by atoms with Gasteiger partial charge in [0, 0.05) is 44.0 Å². The largest absolute Gasteiger partial charge is 0.480 e. The summed E-state index contributed by atoms with van der Waals surface area (Å²) in [6, 6.07) is 0. The summed E-state index contributed by atoms with van der Waals surface area (Å²) >= 11 is 0. The monoisotopic (exact) mass is 503 g/mol. The van der Waals surface area contributed by atoms with Crippen LogP contribution in [-0.4, -0.2) is 56.3 Å². The molecular formula is C24H28F3N7O2. The molecule has 0 bridgehead atoms. The number of aryl methyl sites for hydroxylation is 2. The van der Waals surface area contributed by atoms with Gasteiger partial charge in [0.2, 0.25) is 17.7 Å². The Morgan fingerprint density at radius 1 is 1.03 bits per heavy atom. The maximum atomic E-state index is 13.0. The highest BCUT2D eigenvalue weighted by Crippen LogP contribution is 2.45. The maximum Gasteiger partial charge on any atom is 0.434 e. The van der Waals surface area contributed by atoms with E-state index in [0.29, 0.717) is 54.7 Å². The molecule has 1 aliphatic heterocycles. The summed E-state index contributed by atoms with van der Waals surface area (Å²) in [4.78, 5) is 23.6. The number of ether oxygens (including phenoxy) is 2. The van der Waals surface area contributed by atoms with Gasteiger partial charge in [0.1, 0.15) is 11.9 Å². The molecule has 2 aliphatic rings. The summed E-state index contributed by atoms with van der Waals surface area (Å²) < 4.78 is 52.1. The van der Waals surface area contributed by atoms with E-state index in [1.807, 2.05) is 11.8 Å². The molecule has 0 spiro atoms. The van der Waals surface area contributed by atoms with Crippen LogP contribution in [0.4, 0.5) is 19.1 Å². The molecule has 12 heteroatoms. The van der Waals surface area contributed by atoms with Crippen LogP contribution in [0.5, 0.6) is 11.8 Å². The molecule has 4 heterocycles. The summed E-state index contributed by atoms with van der Waals surface area (Å²) in [5.74, 6) is 2.36. The van der Waals surface area contributed by atoms with E-state index in [2.05, 4.69) is 24.9 Å². The van der Waals surface area contributed by atoms with Gasteiger partial charge in [-0.2, -0.15) is 18.2 Å². The number of nitrogens with zero attached hydrogens (tertiary/aromatic N) is 7. The zero-order chi connectivity index (χ0) is 25.4. The molecule has 1 saturated heterocycles. The van der Waals surface area contributed by atoms with Crippen molar-refractivity contribution in [2.24, 2.45) is 13.0 Å². The SMILES string of the molecule is COc1ncnc(C2CC2)c1-c1ncc(C)c(OCC2CCN(c3nc(C(F)(F)F)cn3C)CC2)n1. The van der Waals surface area contributed by atoms with Gasteiger partial charge in [0.05, 0.1) is 19.4 Å². The molecule has 0 unspecified atom stereocenters. The van der Waals surface area contributed by atoms with E-state index in [1.54, 1.807) is 20.4 Å². The second-order valence-electron chi connectivity index (χ2n) is 9.38. The highest BCUT2D eigenvalue weighted by atomic mass is 19.4. The lowest BCUT2D eigenvalue weighted by molar-refractivity contribution is -0.140. The number of methoxy groups -OCH3 is 1. The first kappa shape index (κ1) is 24.3. The average Bonchev–Trinajstić information content (AvgIpc) is 3.63. The lowest BCUT2D eigenvalue weighted by atomic mass is 9.98. The van der Waals surface area contributed by atoms with Crippen LogP contribution in [0.3, 0.4) is 0 Å². The van der Waals surface area contributed by atoms with Crippen molar-refractivity contribution in [1.82, 2.24) is 29.5 Å². The second-order valence-corrected chi connectivity index (χ2v) is 9.38. The Balaban J connectivity index is 1.25. The molecule has 1 aliphatic carbocycles. The van der Waals surface area contributed by atoms with Gasteiger partial charge in [-0.1, -0.05) is 0 Å². The van der Waals surface area contributed by atoms with Crippen molar-refractivity contribution in [2.45, 2.75) is 44.7 Å². The van der Waals surface area contributed by atoms with Crippen LogP contribution >= 0.6 is 0 Å². The van der Waals surface area contributed by atoms with Crippen LogP contribution in [0, 0.1) is 12.8 Å². The third-order valence-electron chi connectivity index (χ3n) is 6.64. The van der Waals surface area contributed by atoms with Gasteiger partial charge in [-0.3, -0.25) is 0 Å². The maximum absolute atomic E-state index is 13.0. The summed E-state index contributed by atoms with van der Waals surface area (Å²) in [6.07, 6.45) is 3.49. The van der Waals surface area contributed by atoms with Crippen LogP contribution in [0.25, 0.3) is 11.4 Å². The van der Waals surface area contributed by atoms with Crippen LogP contribution in [0.1, 0.15) is 48.6 Å². The summed E-state index contributed by atoms with van der Waals surface area (Å²) in [6.45, 7) is 3.56. The lowest BCUT2D eigenvalue weighted by Gasteiger charge is -2.32. The summed E-state index contributed by atoms with van der Waals surface area (Å²) in [7, 11) is 3.15. The minimum atomic E-state index is -4.45. The molecule has 0 amide bonds. The van der Waals surface area contributed by atoms with E-state index in [-0.39, 0.29) is 5.92 Å². The molecule has 1 saturated carbocycles. The number of halogens is 3. The zero-order valence-electron chi connectivity index (χ0n) is 20.4. The van der Waals surface area contributed by atoms with Gasteiger partial charge < -0.3 is 18.9 Å². The first-order valence-electron chi connectivity index (χ1n) is 12.0. The Kier molecular flexibility index (Phi) is 6.44. The number of hydrogen-bond acceptors (Lipinski definition) is 8. The Morgan fingerprint density at radius 3 is 2.42 bits per heavy atom. The molecule has 0 atom stereocenters. The minimum absolute atomic E-state index is 0.248. The van der Waals surface area contributed by atoms with Crippen molar-refractivity contribution >= 4 is 5.95 Å². The van der Waals surface area contributed by atoms with E-state index >= 15 is 0 Å². The van der Waals surface area contributed by atoms with E-state index in [9.17, 15) is 13.2 Å². The highest BCUT2D eigenvalue weighted by molar-refractivity contribution is 5.66. The Hall–Kier alpha value is -3.44. The number of piperidine rings is 1. The first-order valence-corrected chi connectivity index (χ1v) is 12.0. The normalized spacial score (nSPS) is 16.9. The molecular weight excluding hydrogens is 475 g/mol. The fourth-order valence-electron chi connectivity index (χ4n) is 4.49. The number of anilines is 1. The number of hydrogen-bond donors (Lipinski definition) is 0. The van der Waals surface area contributed by atoms with Crippen LogP contribution in [0.15, 0.2) is 18.7 Å². The van der Waals surface area contributed by atoms with Gasteiger partial charge in [0.25, 0.3) is 0 Å². The van der Waals surface area contributed by atoms with Gasteiger partial charge in [-0.15, -0.1) is 0 Å². The lowest BCUT2D eigenvalue weighted by Crippen LogP contribution is -2.37. The standard InChI is InChI=1S/C24H28F3N7O2/c1-14-10-28-20(18-19(16-4-5-16)29-13-30-22(18)35-3)32-21(14)36-12-15-6-8-34(9-7-15)23-31-17(11-33(23)2)24(25,26)27/h10-11,13,15-16H,4-9,12H2,1-3H3. The third-order valence-corrected chi connectivity index (χ3v) is 6.64. The second kappa shape index (κ2) is 9.55. The van der Waals surface area contributed by atoms with Gasteiger partial charge in [0.15, 0.2) is 11.5 Å². The van der Waals surface area contributed by atoms with Crippen molar-refractivity contribution in [3.8, 4) is 23.1 Å². The molecule has 0 N–H and O–H groups in total. The van der Waals surface area contributed by atoms with E-state index in [0.717, 1.165) is 43.1 Å². The Morgan fingerprint density at radius 2 is 1.78 bits per heavy atom. The molecule has 0 aromatic carbocycles. The summed E-state index contributed by atoms with van der Waals surface area (Å²) in [5.41, 5.74) is 1.54. The molecule has 3 aromatic rings.